The van der Waals surface area contributed by atoms with Crippen molar-refractivity contribution >= 4 is 5.97 Å². The Bertz CT molecular complexity index is 263. The SMILES string of the molecule is COC(=O)C(C1CC1)N1CCC(C)CC1C. The number of piperidine rings is 1. The van der Waals surface area contributed by atoms with Crippen LogP contribution in [0.4, 0.5) is 0 Å². The van der Waals surface area contributed by atoms with Crippen molar-refractivity contribution in [2.75, 3.05) is 13.7 Å². The second-order valence-corrected chi connectivity index (χ2v) is 5.52. The van der Waals surface area contributed by atoms with E-state index >= 15 is 0 Å². The molecule has 0 radical (unpaired) electrons. The van der Waals surface area contributed by atoms with Gasteiger partial charge in [-0.25, -0.2) is 0 Å². The van der Waals surface area contributed by atoms with Gasteiger partial charge in [-0.3, -0.25) is 9.69 Å². The summed E-state index contributed by atoms with van der Waals surface area (Å²) in [6, 6.07) is 0.556. The molecule has 92 valence electrons. The highest BCUT2D eigenvalue weighted by Gasteiger charge is 2.43. The number of esters is 1. The lowest BCUT2D eigenvalue weighted by atomic mass is 9.91. The van der Waals surface area contributed by atoms with Gasteiger partial charge in [0.05, 0.1) is 7.11 Å². The van der Waals surface area contributed by atoms with Gasteiger partial charge in [-0.1, -0.05) is 6.92 Å². The van der Waals surface area contributed by atoms with Gasteiger partial charge in [0.1, 0.15) is 6.04 Å². The van der Waals surface area contributed by atoms with Crippen LogP contribution in [0.1, 0.15) is 39.5 Å². The average molecular weight is 225 g/mol. The molecule has 1 saturated heterocycles. The van der Waals surface area contributed by atoms with Gasteiger partial charge in [0.2, 0.25) is 0 Å². The summed E-state index contributed by atoms with van der Waals surface area (Å²) in [7, 11) is 1.51. The third kappa shape index (κ3) is 2.40. The number of rotatable bonds is 3. The van der Waals surface area contributed by atoms with Crippen molar-refractivity contribution in [3.05, 3.63) is 0 Å². The zero-order valence-corrected chi connectivity index (χ0v) is 10.6. The molecule has 3 atom stereocenters. The number of ether oxygens (including phenoxy) is 1. The van der Waals surface area contributed by atoms with Crippen LogP contribution in [0.25, 0.3) is 0 Å². The zero-order chi connectivity index (χ0) is 11.7. The van der Waals surface area contributed by atoms with Crippen LogP contribution in [0.3, 0.4) is 0 Å². The van der Waals surface area contributed by atoms with Crippen molar-refractivity contribution in [1.29, 1.82) is 0 Å². The first-order valence-electron chi connectivity index (χ1n) is 6.47. The average Bonchev–Trinajstić information content (AvgIpc) is 3.05. The molecule has 2 rings (SSSR count). The first kappa shape index (κ1) is 11.9. The number of hydrogen-bond donors (Lipinski definition) is 0. The van der Waals surface area contributed by atoms with E-state index in [-0.39, 0.29) is 12.0 Å². The minimum atomic E-state index is -0.0242. The second-order valence-electron chi connectivity index (χ2n) is 5.52. The van der Waals surface area contributed by atoms with Gasteiger partial charge >= 0.3 is 5.97 Å². The van der Waals surface area contributed by atoms with E-state index in [9.17, 15) is 4.79 Å². The molecule has 2 fully saturated rings. The van der Waals surface area contributed by atoms with E-state index < -0.39 is 0 Å². The summed E-state index contributed by atoms with van der Waals surface area (Å²) in [5, 5.41) is 0. The summed E-state index contributed by atoms with van der Waals surface area (Å²) < 4.78 is 4.96. The lowest BCUT2D eigenvalue weighted by molar-refractivity contribution is -0.149. The van der Waals surface area contributed by atoms with Crippen LogP contribution in [0, 0.1) is 11.8 Å². The molecule has 3 unspecified atom stereocenters. The van der Waals surface area contributed by atoms with Crippen molar-refractivity contribution < 1.29 is 9.53 Å². The molecule has 3 heteroatoms. The van der Waals surface area contributed by atoms with Gasteiger partial charge in [0.25, 0.3) is 0 Å². The fraction of sp³-hybridized carbons (Fsp3) is 0.923. The van der Waals surface area contributed by atoms with E-state index in [4.69, 9.17) is 4.74 Å². The van der Waals surface area contributed by atoms with Crippen molar-refractivity contribution in [2.24, 2.45) is 11.8 Å². The Morgan fingerprint density at radius 3 is 2.50 bits per heavy atom. The summed E-state index contributed by atoms with van der Waals surface area (Å²) in [5.74, 6) is 1.33. The lowest BCUT2D eigenvalue weighted by Gasteiger charge is -2.40. The van der Waals surface area contributed by atoms with E-state index in [2.05, 4.69) is 18.7 Å². The van der Waals surface area contributed by atoms with Crippen LogP contribution in [0.5, 0.6) is 0 Å². The van der Waals surface area contributed by atoms with Crippen LogP contribution in [0.2, 0.25) is 0 Å². The standard InChI is InChI=1S/C13H23NO2/c1-9-6-7-14(10(2)8-9)12(11-4-5-11)13(15)16-3/h9-12H,4-8H2,1-3H3. The fourth-order valence-electron chi connectivity index (χ4n) is 2.97. The molecule has 16 heavy (non-hydrogen) atoms. The van der Waals surface area contributed by atoms with Crippen LogP contribution < -0.4 is 0 Å². The second kappa shape index (κ2) is 4.74. The maximum Gasteiger partial charge on any atom is 0.323 e. The largest absolute Gasteiger partial charge is 0.468 e. The zero-order valence-electron chi connectivity index (χ0n) is 10.6. The Balaban J connectivity index is 2.04. The highest BCUT2D eigenvalue weighted by Crippen LogP contribution is 2.38. The maximum atomic E-state index is 11.9. The van der Waals surface area contributed by atoms with E-state index in [1.807, 2.05) is 0 Å². The Hall–Kier alpha value is -0.570. The fourth-order valence-corrected chi connectivity index (χ4v) is 2.97. The molecule has 0 aromatic heterocycles. The summed E-state index contributed by atoms with van der Waals surface area (Å²) in [6.07, 6.45) is 4.81. The number of carbonyl (C=O) groups excluding carboxylic acids is 1. The molecule has 3 nitrogen and oxygen atoms in total. The van der Waals surface area contributed by atoms with E-state index in [1.165, 1.54) is 32.8 Å². The predicted octanol–water partition coefficient (Wildman–Crippen LogP) is 2.06. The lowest BCUT2D eigenvalue weighted by Crippen LogP contribution is -2.51. The van der Waals surface area contributed by atoms with E-state index in [1.54, 1.807) is 0 Å². The number of hydrogen-bond acceptors (Lipinski definition) is 3. The van der Waals surface area contributed by atoms with Crippen LogP contribution in [-0.2, 0) is 9.53 Å². The third-order valence-electron chi connectivity index (χ3n) is 4.06. The van der Waals surface area contributed by atoms with Gasteiger partial charge in [-0.05, 0) is 51.0 Å². The quantitative estimate of drug-likeness (QED) is 0.689. The molecule has 2 aliphatic rings. The van der Waals surface area contributed by atoms with Crippen molar-refractivity contribution in [2.45, 2.75) is 51.6 Å². The third-order valence-corrected chi connectivity index (χ3v) is 4.06. The molecule has 1 heterocycles. The van der Waals surface area contributed by atoms with Crippen LogP contribution >= 0.6 is 0 Å². The van der Waals surface area contributed by atoms with Gasteiger partial charge in [-0.2, -0.15) is 0 Å². The molecule has 0 aromatic carbocycles. The smallest absolute Gasteiger partial charge is 0.323 e. The predicted molar refractivity (Wildman–Crippen MR) is 63.1 cm³/mol. The molecular weight excluding hydrogens is 202 g/mol. The Labute approximate surface area is 98.1 Å². The first-order valence-corrected chi connectivity index (χ1v) is 6.47. The van der Waals surface area contributed by atoms with Crippen LogP contribution in [0.15, 0.2) is 0 Å². The highest BCUT2D eigenvalue weighted by atomic mass is 16.5. The summed E-state index contributed by atoms with van der Waals surface area (Å²) in [5.41, 5.74) is 0. The maximum absolute atomic E-state index is 11.9. The van der Waals surface area contributed by atoms with E-state index in [0.717, 1.165) is 12.5 Å². The van der Waals surface area contributed by atoms with Gasteiger partial charge in [0.15, 0.2) is 0 Å². The Morgan fingerprint density at radius 1 is 1.31 bits per heavy atom. The molecule has 1 saturated carbocycles. The molecule has 0 amide bonds. The van der Waals surface area contributed by atoms with Gasteiger partial charge in [-0.15, -0.1) is 0 Å². The molecule has 0 spiro atoms. The summed E-state index contributed by atoms with van der Waals surface area (Å²) in [6.45, 7) is 5.60. The van der Waals surface area contributed by atoms with E-state index in [0.29, 0.717) is 12.0 Å². The monoisotopic (exact) mass is 225 g/mol. The normalized spacial score (nSPS) is 33.4. The van der Waals surface area contributed by atoms with Crippen molar-refractivity contribution in [3.63, 3.8) is 0 Å². The van der Waals surface area contributed by atoms with Crippen molar-refractivity contribution in [1.82, 2.24) is 4.90 Å². The highest BCUT2D eigenvalue weighted by molar-refractivity contribution is 5.76. The Morgan fingerprint density at radius 2 is 2.00 bits per heavy atom. The van der Waals surface area contributed by atoms with Crippen molar-refractivity contribution in [3.8, 4) is 0 Å². The molecule has 0 aromatic rings. The first-order chi connectivity index (χ1) is 7.63. The molecule has 0 bridgehead atoms. The molecule has 0 N–H and O–H groups in total. The molecule has 1 aliphatic heterocycles. The molecular formula is C13H23NO2. The van der Waals surface area contributed by atoms with Gasteiger partial charge in [0, 0.05) is 6.04 Å². The minimum absolute atomic E-state index is 0.0242. The topological polar surface area (TPSA) is 29.5 Å². The summed E-state index contributed by atoms with van der Waals surface area (Å²) in [4.78, 5) is 14.2. The number of methoxy groups -OCH3 is 1. The van der Waals surface area contributed by atoms with Gasteiger partial charge < -0.3 is 4.74 Å². The van der Waals surface area contributed by atoms with Crippen LogP contribution in [-0.4, -0.2) is 36.6 Å². The Kier molecular flexibility index (Phi) is 3.53. The number of likely N-dealkylation sites (tertiary alicyclic amines) is 1. The summed E-state index contributed by atoms with van der Waals surface area (Å²) >= 11 is 0. The minimum Gasteiger partial charge on any atom is -0.468 e. The molecule has 1 aliphatic carbocycles. The number of carbonyl (C=O) groups is 1. The number of nitrogens with zero attached hydrogens (tertiary/aromatic N) is 1.